The highest BCUT2D eigenvalue weighted by Crippen LogP contribution is 2.28. The average Bonchev–Trinajstić information content (AvgIpc) is 3.29. The summed E-state index contributed by atoms with van der Waals surface area (Å²) in [4.78, 5) is 0.218. The lowest BCUT2D eigenvalue weighted by molar-refractivity contribution is 0.414. The van der Waals surface area contributed by atoms with E-state index in [0.29, 0.717) is 11.6 Å². The predicted molar refractivity (Wildman–Crippen MR) is 96.2 cm³/mol. The molecule has 1 N–H and O–H groups in total. The molecule has 0 aliphatic carbocycles. The number of aromatic nitrogens is 4. The van der Waals surface area contributed by atoms with Gasteiger partial charge in [0, 0.05) is 5.56 Å². The fourth-order valence-electron chi connectivity index (χ4n) is 2.56. The van der Waals surface area contributed by atoms with Crippen LogP contribution in [0.1, 0.15) is 0 Å². The van der Waals surface area contributed by atoms with Gasteiger partial charge in [-0.15, -0.1) is 5.10 Å². The summed E-state index contributed by atoms with van der Waals surface area (Å²) in [5, 5.41) is 11.3. The molecular formula is C18H14N4O2S. The topological polar surface area (TPSA) is 68.9 Å². The van der Waals surface area contributed by atoms with Crippen LogP contribution in [-0.4, -0.2) is 27.1 Å². The van der Waals surface area contributed by atoms with E-state index in [9.17, 15) is 0 Å². The molecule has 4 rings (SSSR count). The van der Waals surface area contributed by atoms with Crippen LogP contribution in [0.25, 0.3) is 28.5 Å². The van der Waals surface area contributed by atoms with Crippen molar-refractivity contribution in [1.29, 1.82) is 0 Å². The van der Waals surface area contributed by atoms with Crippen LogP contribution in [0.3, 0.4) is 0 Å². The third-order valence-corrected chi connectivity index (χ3v) is 3.93. The summed E-state index contributed by atoms with van der Waals surface area (Å²) in [6, 6.07) is 19.6. The number of nitrogens with one attached hydrogen (secondary N) is 1. The predicted octanol–water partition coefficient (Wildman–Crippen LogP) is 4.26. The highest BCUT2D eigenvalue weighted by molar-refractivity contribution is 7.71. The Kier molecular flexibility index (Phi) is 3.91. The molecule has 4 aromatic rings. The Bertz CT molecular complexity index is 1050. The Morgan fingerprint density at radius 3 is 2.48 bits per heavy atom. The van der Waals surface area contributed by atoms with Crippen LogP contribution in [-0.2, 0) is 0 Å². The zero-order valence-electron chi connectivity index (χ0n) is 13.3. The standard InChI is InChI=1S/C18H14N4O2S/c1-23-14-9-7-13(8-10-14)22-16(12-5-3-2-4-6-12)11-15(21-22)17-19-20-18(25)24-17/h2-11H,1H3,(H,20,25). The van der Waals surface area contributed by atoms with Gasteiger partial charge < -0.3 is 9.15 Å². The number of methoxy groups -OCH3 is 1. The molecule has 124 valence electrons. The summed E-state index contributed by atoms with van der Waals surface area (Å²) < 4.78 is 12.5. The van der Waals surface area contributed by atoms with Gasteiger partial charge >= 0.3 is 0 Å². The molecule has 0 spiro atoms. The Morgan fingerprint density at radius 2 is 1.84 bits per heavy atom. The second-order valence-electron chi connectivity index (χ2n) is 5.31. The second kappa shape index (κ2) is 6.37. The molecule has 0 amide bonds. The molecular weight excluding hydrogens is 336 g/mol. The summed E-state index contributed by atoms with van der Waals surface area (Å²) >= 11 is 4.95. The van der Waals surface area contributed by atoms with E-state index in [1.807, 2.05) is 65.3 Å². The van der Waals surface area contributed by atoms with Crippen molar-refractivity contribution in [2.75, 3.05) is 7.11 Å². The van der Waals surface area contributed by atoms with Crippen molar-refractivity contribution >= 4 is 12.2 Å². The summed E-state index contributed by atoms with van der Waals surface area (Å²) in [5.41, 5.74) is 3.46. The first-order valence-electron chi connectivity index (χ1n) is 7.60. The van der Waals surface area contributed by atoms with E-state index in [0.717, 1.165) is 22.7 Å². The Labute approximate surface area is 148 Å². The van der Waals surface area contributed by atoms with Gasteiger partial charge in [-0.1, -0.05) is 30.3 Å². The van der Waals surface area contributed by atoms with E-state index >= 15 is 0 Å². The number of ether oxygens (including phenoxy) is 1. The number of benzene rings is 2. The van der Waals surface area contributed by atoms with Gasteiger partial charge in [0.1, 0.15) is 5.75 Å². The molecule has 0 aliphatic heterocycles. The van der Waals surface area contributed by atoms with E-state index in [1.54, 1.807) is 7.11 Å². The maximum atomic E-state index is 5.40. The van der Waals surface area contributed by atoms with Crippen molar-refractivity contribution in [2.24, 2.45) is 0 Å². The Hall–Kier alpha value is -3.19. The maximum Gasteiger partial charge on any atom is 0.284 e. The van der Waals surface area contributed by atoms with Gasteiger partial charge in [-0.05, 0) is 42.5 Å². The monoisotopic (exact) mass is 350 g/mol. The second-order valence-corrected chi connectivity index (χ2v) is 5.68. The van der Waals surface area contributed by atoms with E-state index in [1.165, 1.54) is 0 Å². The number of nitrogens with zero attached hydrogens (tertiary/aromatic N) is 3. The first-order valence-corrected chi connectivity index (χ1v) is 8.01. The molecule has 2 aromatic carbocycles. The molecule has 7 heteroatoms. The van der Waals surface area contributed by atoms with E-state index in [2.05, 4.69) is 15.3 Å². The third kappa shape index (κ3) is 2.97. The number of aromatic amines is 1. The number of H-pyrrole nitrogens is 1. The minimum absolute atomic E-state index is 0.218. The fraction of sp³-hybridized carbons (Fsp3) is 0.0556. The lowest BCUT2D eigenvalue weighted by Gasteiger charge is -2.08. The molecule has 0 fully saturated rings. The fourth-order valence-corrected chi connectivity index (χ4v) is 2.68. The maximum absolute atomic E-state index is 5.40. The normalized spacial score (nSPS) is 10.8. The van der Waals surface area contributed by atoms with Gasteiger partial charge in [0.25, 0.3) is 10.7 Å². The Morgan fingerprint density at radius 1 is 1.08 bits per heavy atom. The smallest absolute Gasteiger partial charge is 0.284 e. The van der Waals surface area contributed by atoms with Crippen molar-refractivity contribution in [3.05, 3.63) is 65.5 Å². The highest BCUT2D eigenvalue weighted by Gasteiger charge is 2.16. The number of hydrogen-bond acceptors (Lipinski definition) is 5. The minimum Gasteiger partial charge on any atom is -0.497 e. The lowest BCUT2D eigenvalue weighted by atomic mass is 10.1. The third-order valence-electron chi connectivity index (χ3n) is 3.75. The van der Waals surface area contributed by atoms with Crippen LogP contribution in [0.15, 0.2) is 65.1 Å². The van der Waals surface area contributed by atoms with Crippen molar-refractivity contribution in [3.8, 4) is 34.3 Å². The first-order chi connectivity index (χ1) is 12.2. The van der Waals surface area contributed by atoms with E-state index in [-0.39, 0.29) is 4.84 Å². The van der Waals surface area contributed by atoms with Crippen LogP contribution >= 0.6 is 12.2 Å². The molecule has 2 heterocycles. The van der Waals surface area contributed by atoms with Crippen molar-refractivity contribution < 1.29 is 9.15 Å². The van der Waals surface area contributed by atoms with Crippen LogP contribution < -0.4 is 4.74 Å². The highest BCUT2D eigenvalue weighted by atomic mass is 32.1. The molecule has 25 heavy (non-hydrogen) atoms. The summed E-state index contributed by atoms with van der Waals surface area (Å²) in [6.45, 7) is 0. The first kappa shape index (κ1) is 15.3. The largest absolute Gasteiger partial charge is 0.497 e. The molecule has 0 saturated heterocycles. The molecule has 0 radical (unpaired) electrons. The molecule has 0 atom stereocenters. The molecule has 0 aliphatic rings. The van der Waals surface area contributed by atoms with Crippen LogP contribution in [0.4, 0.5) is 0 Å². The van der Waals surface area contributed by atoms with Crippen LogP contribution in [0.2, 0.25) is 0 Å². The molecule has 6 nitrogen and oxygen atoms in total. The van der Waals surface area contributed by atoms with Gasteiger partial charge in [0.05, 0.1) is 18.5 Å². The summed E-state index contributed by atoms with van der Waals surface area (Å²) in [7, 11) is 1.64. The number of hydrogen-bond donors (Lipinski definition) is 1. The molecule has 0 unspecified atom stereocenters. The van der Waals surface area contributed by atoms with Gasteiger partial charge in [-0.2, -0.15) is 5.10 Å². The number of rotatable bonds is 4. The van der Waals surface area contributed by atoms with Crippen molar-refractivity contribution in [1.82, 2.24) is 20.0 Å². The van der Waals surface area contributed by atoms with Crippen molar-refractivity contribution in [3.63, 3.8) is 0 Å². The summed E-state index contributed by atoms with van der Waals surface area (Å²) in [5.74, 6) is 1.14. The molecule has 0 saturated carbocycles. The quantitative estimate of drug-likeness (QED) is 0.557. The van der Waals surface area contributed by atoms with E-state index < -0.39 is 0 Å². The van der Waals surface area contributed by atoms with Gasteiger partial charge in [-0.25, -0.2) is 9.78 Å². The van der Waals surface area contributed by atoms with Crippen LogP contribution in [0, 0.1) is 4.84 Å². The van der Waals surface area contributed by atoms with Gasteiger partial charge in [-0.3, -0.25) is 0 Å². The van der Waals surface area contributed by atoms with Crippen molar-refractivity contribution in [2.45, 2.75) is 0 Å². The van der Waals surface area contributed by atoms with E-state index in [4.69, 9.17) is 21.4 Å². The average molecular weight is 350 g/mol. The van der Waals surface area contributed by atoms with Gasteiger partial charge in [0.2, 0.25) is 0 Å². The zero-order valence-corrected chi connectivity index (χ0v) is 14.2. The molecule has 2 aromatic heterocycles. The Balaban J connectivity index is 1.88. The van der Waals surface area contributed by atoms with Crippen LogP contribution in [0.5, 0.6) is 5.75 Å². The summed E-state index contributed by atoms with van der Waals surface area (Å²) in [6.07, 6.45) is 0. The SMILES string of the molecule is COc1ccc(-n2nc(-c3n[nH]c(=S)o3)cc2-c2ccccc2)cc1. The zero-order chi connectivity index (χ0) is 17.2. The lowest BCUT2D eigenvalue weighted by Crippen LogP contribution is -1.99. The minimum atomic E-state index is 0.218. The van der Waals surface area contributed by atoms with Gasteiger partial charge in [0.15, 0.2) is 5.69 Å². The molecule has 0 bridgehead atoms.